The number of carbonyl (C=O) groups excluding carboxylic acids is 1. The number of ether oxygens (including phenoxy) is 2. The van der Waals surface area contributed by atoms with Gasteiger partial charge in [0.15, 0.2) is 5.76 Å². The van der Waals surface area contributed by atoms with E-state index >= 15 is 0 Å². The lowest BCUT2D eigenvalue weighted by Crippen LogP contribution is -2.42. The molecule has 7 rings (SSSR count). The molecule has 2 aliphatic heterocycles. The predicted molar refractivity (Wildman–Crippen MR) is 161 cm³/mol. The molecule has 0 radical (unpaired) electrons. The summed E-state index contributed by atoms with van der Waals surface area (Å²) >= 11 is 0. The third kappa shape index (κ3) is 5.37. The van der Waals surface area contributed by atoms with Crippen molar-refractivity contribution in [3.8, 4) is 0 Å². The number of aliphatic hydroxyl groups is 1. The Balaban J connectivity index is 1.10. The SMILES string of the molecule is O=C(C1=C[C@@H](c2coc3ccccc23)C[C@@H](OCc2ccc(CO)cc2)O1)N1CCC(n2c(=O)[nH]c3ccccc32)CC1. The van der Waals surface area contributed by atoms with E-state index in [9.17, 15) is 14.7 Å². The molecule has 5 aromatic rings. The number of carbonyl (C=O) groups is 1. The van der Waals surface area contributed by atoms with E-state index in [-0.39, 0.29) is 35.9 Å². The zero-order valence-corrected chi connectivity index (χ0v) is 23.6. The van der Waals surface area contributed by atoms with Crippen molar-refractivity contribution < 1.29 is 23.8 Å². The molecule has 2 atom stereocenters. The molecule has 9 nitrogen and oxygen atoms in total. The number of para-hydroxylation sites is 3. The van der Waals surface area contributed by atoms with Gasteiger partial charge in [-0.15, -0.1) is 0 Å². The Hall–Kier alpha value is -4.60. The molecule has 1 amide bonds. The fourth-order valence-corrected chi connectivity index (χ4v) is 6.26. The molecule has 0 aliphatic carbocycles. The van der Waals surface area contributed by atoms with Crippen LogP contribution in [0.4, 0.5) is 0 Å². The van der Waals surface area contributed by atoms with E-state index in [4.69, 9.17) is 13.9 Å². The van der Waals surface area contributed by atoms with Crippen LogP contribution in [0.3, 0.4) is 0 Å². The number of furan rings is 1. The maximum Gasteiger partial charge on any atom is 0.326 e. The van der Waals surface area contributed by atoms with E-state index in [0.717, 1.165) is 38.7 Å². The van der Waals surface area contributed by atoms with Gasteiger partial charge in [-0.05, 0) is 48.2 Å². The number of aromatic amines is 1. The lowest BCUT2D eigenvalue weighted by molar-refractivity contribution is -0.156. The number of piperidine rings is 1. The van der Waals surface area contributed by atoms with E-state index < -0.39 is 6.29 Å². The van der Waals surface area contributed by atoms with Crippen molar-refractivity contribution in [3.05, 3.63) is 118 Å². The van der Waals surface area contributed by atoms with Crippen LogP contribution in [0.2, 0.25) is 0 Å². The minimum absolute atomic E-state index is 0.00676. The zero-order chi connectivity index (χ0) is 29.3. The topological polar surface area (TPSA) is 110 Å². The molecule has 0 bridgehead atoms. The first-order valence-corrected chi connectivity index (χ1v) is 14.7. The molecule has 4 heterocycles. The minimum Gasteiger partial charge on any atom is -0.464 e. The number of benzene rings is 3. The molecule has 2 aliphatic rings. The second-order valence-electron chi connectivity index (χ2n) is 11.2. The van der Waals surface area contributed by atoms with Gasteiger partial charge in [-0.3, -0.25) is 9.36 Å². The summed E-state index contributed by atoms with van der Waals surface area (Å²) < 4.78 is 20.1. The van der Waals surface area contributed by atoms with Gasteiger partial charge in [0, 0.05) is 42.4 Å². The Morgan fingerprint density at radius 2 is 1.72 bits per heavy atom. The summed E-state index contributed by atoms with van der Waals surface area (Å²) in [5, 5.41) is 10.3. The van der Waals surface area contributed by atoms with Crippen molar-refractivity contribution in [2.45, 2.75) is 50.7 Å². The first kappa shape index (κ1) is 27.2. The van der Waals surface area contributed by atoms with Crippen molar-refractivity contribution in [2.24, 2.45) is 0 Å². The number of imidazole rings is 1. The quantitative estimate of drug-likeness (QED) is 0.269. The van der Waals surface area contributed by atoms with Gasteiger partial charge in [-0.25, -0.2) is 4.79 Å². The van der Waals surface area contributed by atoms with Crippen LogP contribution in [-0.4, -0.2) is 44.8 Å². The highest BCUT2D eigenvalue weighted by atomic mass is 16.7. The maximum absolute atomic E-state index is 13.8. The number of aromatic nitrogens is 2. The van der Waals surface area contributed by atoms with Crippen molar-refractivity contribution in [1.29, 1.82) is 0 Å². The van der Waals surface area contributed by atoms with Gasteiger partial charge in [0.2, 0.25) is 6.29 Å². The minimum atomic E-state index is -0.637. The Bertz CT molecular complexity index is 1840. The first-order chi connectivity index (χ1) is 21.1. The average Bonchev–Trinajstić information content (AvgIpc) is 3.64. The van der Waals surface area contributed by atoms with E-state index in [1.165, 1.54) is 0 Å². The standard InChI is InChI=1S/C34H33N3O6/c38-19-22-9-11-23(12-10-22)20-42-32-18-24(27-21-41-30-8-4-1-5-26(27)30)17-31(43-32)33(39)36-15-13-25(14-16-36)37-29-7-3-2-6-28(29)35-34(37)40/h1-12,17,21,24-25,32,38H,13-16,18-20H2,(H,35,40)/t24-,32+/m1/s1. The monoisotopic (exact) mass is 579 g/mol. The van der Waals surface area contributed by atoms with Gasteiger partial charge < -0.3 is 28.9 Å². The second kappa shape index (κ2) is 11.6. The number of aliphatic hydroxyl groups excluding tert-OH is 1. The molecular weight excluding hydrogens is 546 g/mol. The molecule has 0 unspecified atom stereocenters. The number of nitrogens with one attached hydrogen (secondary N) is 1. The number of nitrogens with zero attached hydrogens (tertiary/aromatic N) is 2. The van der Waals surface area contributed by atoms with Crippen molar-refractivity contribution >= 4 is 27.9 Å². The maximum atomic E-state index is 13.8. The molecule has 9 heteroatoms. The van der Waals surface area contributed by atoms with Crippen LogP contribution < -0.4 is 5.69 Å². The second-order valence-corrected chi connectivity index (χ2v) is 11.2. The molecule has 43 heavy (non-hydrogen) atoms. The van der Waals surface area contributed by atoms with Crippen LogP contribution in [0.1, 0.15) is 47.9 Å². The van der Waals surface area contributed by atoms with Crippen LogP contribution in [0.5, 0.6) is 0 Å². The average molecular weight is 580 g/mol. The molecule has 220 valence electrons. The van der Waals surface area contributed by atoms with Crippen molar-refractivity contribution in [3.63, 3.8) is 0 Å². The van der Waals surface area contributed by atoms with E-state index in [2.05, 4.69) is 4.98 Å². The van der Waals surface area contributed by atoms with Gasteiger partial charge in [0.1, 0.15) is 5.58 Å². The highest BCUT2D eigenvalue weighted by Crippen LogP contribution is 2.37. The van der Waals surface area contributed by atoms with E-state index in [1.54, 1.807) is 6.26 Å². The predicted octanol–water partition coefficient (Wildman–Crippen LogP) is 5.36. The summed E-state index contributed by atoms with van der Waals surface area (Å²) in [5.74, 6) is -0.0477. The highest BCUT2D eigenvalue weighted by molar-refractivity contribution is 5.92. The Morgan fingerprint density at radius 1 is 0.977 bits per heavy atom. The summed E-state index contributed by atoms with van der Waals surface area (Å²) in [7, 11) is 0. The number of likely N-dealkylation sites (tertiary alicyclic amines) is 1. The van der Waals surface area contributed by atoms with Crippen molar-refractivity contribution in [1.82, 2.24) is 14.5 Å². The third-order valence-corrected chi connectivity index (χ3v) is 8.56. The summed E-state index contributed by atoms with van der Waals surface area (Å²) in [4.78, 5) is 31.3. The number of amides is 1. The fourth-order valence-electron chi connectivity index (χ4n) is 6.26. The number of hydrogen-bond acceptors (Lipinski definition) is 6. The number of rotatable bonds is 7. The number of H-pyrrole nitrogens is 1. The highest BCUT2D eigenvalue weighted by Gasteiger charge is 2.34. The molecule has 1 saturated heterocycles. The Labute approximate surface area is 247 Å². The zero-order valence-electron chi connectivity index (χ0n) is 23.6. The van der Waals surface area contributed by atoms with Crippen LogP contribution in [0.15, 0.2) is 100 Å². The Morgan fingerprint density at radius 3 is 2.53 bits per heavy atom. The molecular formula is C34H33N3O6. The normalized spacial score (nSPS) is 19.5. The van der Waals surface area contributed by atoms with E-state index in [0.29, 0.717) is 39.0 Å². The van der Waals surface area contributed by atoms with Crippen molar-refractivity contribution in [2.75, 3.05) is 13.1 Å². The number of hydrogen-bond donors (Lipinski definition) is 2. The molecule has 0 saturated carbocycles. The molecule has 2 aromatic heterocycles. The molecule has 1 fully saturated rings. The molecule has 2 N–H and O–H groups in total. The molecule has 3 aromatic carbocycles. The summed E-state index contributed by atoms with van der Waals surface area (Å²) in [6.45, 7) is 1.32. The number of fused-ring (bicyclic) bond motifs is 2. The van der Waals surface area contributed by atoms with E-state index in [1.807, 2.05) is 88.3 Å². The fraction of sp³-hybridized carbons (Fsp3) is 0.294. The summed E-state index contributed by atoms with van der Waals surface area (Å²) in [6, 6.07) is 23.1. The van der Waals surface area contributed by atoms with Gasteiger partial charge in [-0.2, -0.15) is 0 Å². The lowest BCUT2D eigenvalue weighted by Gasteiger charge is -2.35. The van der Waals surface area contributed by atoms with Crippen LogP contribution in [0, 0.1) is 0 Å². The smallest absolute Gasteiger partial charge is 0.326 e. The summed E-state index contributed by atoms with van der Waals surface area (Å²) in [5.41, 5.74) is 5.15. The van der Waals surface area contributed by atoms with Gasteiger partial charge >= 0.3 is 5.69 Å². The van der Waals surface area contributed by atoms with Crippen LogP contribution >= 0.6 is 0 Å². The van der Waals surface area contributed by atoms with Crippen LogP contribution in [-0.2, 0) is 27.5 Å². The van der Waals surface area contributed by atoms with Gasteiger partial charge in [0.05, 0.1) is 30.5 Å². The first-order valence-electron chi connectivity index (χ1n) is 14.7. The summed E-state index contributed by atoms with van der Waals surface area (Å²) in [6.07, 6.45) is 4.88. The van der Waals surface area contributed by atoms with Gasteiger partial charge in [0.25, 0.3) is 5.91 Å². The third-order valence-electron chi connectivity index (χ3n) is 8.56. The largest absolute Gasteiger partial charge is 0.464 e. The Kier molecular flexibility index (Phi) is 7.34. The number of allylic oxidation sites excluding steroid dienone is 1. The van der Waals surface area contributed by atoms with Crippen LogP contribution in [0.25, 0.3) is 22.0 Å². The van der Waals surface area contributed by atoms with Gasteiger partial charge in [-0.1, -0.05) is 54.6 Å². The molecule has 0 spiro atoms. The lowest BCUT2D eigenvalue weighted by atomic mass is 9.92.